The number of thiazole rings is 1. The summed E-state index contributed by atoms with van der Waals surface area (Å²) < 4.78 is 6.65. The number of aromatic nitrogens is 1. The first-order chi connectivity index (χ1) is 14.6. The fourth-order valence-corrected chi connectivity index (χ4v) is 4.34. The molecule has 0 bridgehead atoms. The minimum absolute atomic E-state index is 0.0832. The zero-order valence-corrected chi connectivity index (χ0v) is 17.3. The van der Waals surface area contributed by atoms with E-state index in [1.807, 2.05) is 66.7 Å². The number of rotatable bonds is 5. The van der Waals surface area contributed by atoms with E-state index >= 15 is 0 Å². The molecule has 0 saturated heterocycles. The third kappa shape index (κ3) is 3.92. The van der Waals surface area contributed by atoms with E-state index in [0.717, 1.165) is 33.6 Å². The summed E-state index contributed by atoms with van der Waals surface area (Å²) in [4.78, 5) is 21.3. The van der Waals surface area contributed by atoms with Gasteiger partial charge in [-0.25, -0.2) is 4.98 Å². The van der Waals surface area contributed by atoms with Gasteiger partial charge in [0.1, 0.15) is 5.75 Å². The molecule has 2 heterocycles. The molecule has 0 radical (unpaired) electrons. The van der Waals surface area contributed by atoms with Crippen LogP contribution in [0.25, 0.3) is 10.2 Å². The van der Waals surface area contributed by atoms with Gasteiger partial charge in [-0.3, -0.25) is 15.1 Å². The standard InChI is InChI=1S/C23H16ClN3O2S/c24-16-8-5-15-11-19(25-20(15)12-16)14-6-9-17(10-7-14)29-13-22(28)27-23-26-18-3-1-2-4-21(18)30-23/h1-10,12H,11,13H2,(H,26,27,28). The quantitative estimate of drug-likeness (QED) is 0.442. The first-order valence-electron chi connectivity index (χ1n) is 9.39. The Kier molecular flexibility index (Phi) is 4.94. The summed E-state index contributed by atoms with van der Waals surface area (Å²) in [6.45, 7) is -0.0832. The number of amides is 1. The summed E-state index contributed by atoms with van der Waals surface area (Å²) in [5.74, 6) is 0.378. The van der Waals surface area contributed by atoms with E-state index in [9.17, 15) is 4.79 Å². The number of ether oxygens (including phenoxy) is 1. The highest BCUT2D eigenvalue weighted by Crippen LogP contribution is 2.31. The van der Waals surface area contributed by atoms with Crippen LogP contribution in [0.3, 0.4) is 0 Å². The largest absolute Gasteiger partial charge is 0.484 e. The van der Waals surface area contributed by atoms with Gasteiger partial charge in [-0.05, 0) is 59.7 Å². The summed E-state index contributed by atoms with van der Waals surface area (Å²) in [5, 5.41) is 4.04. The molecule has 0 unspecified atom stereocenters. The van der Waals surface area contributed by atoms with Crippen molar-refractivity contribution in [3.8, 4) is 5.75 Å². The zero-order chi connectivity index (χ0) is 20.5. The molecular weight excluding hydrogens is 418 g/mol. The molecule has 1 amide bonds. The van der Waals surface area contributed by atoms with Gasteiger partial charge >= 0.3 is 0 Å². The molecular formula is C23H16ClN3O2S. The van der Waals surface area contributed by atoms with Gasteiger partial charge < -0.3 is 4.74 Å². The molecule has 148 valence electrons. The number of carbonyl (C=O) groups excluding carboxylic acids is 1. The SMILES string of the molecule is O=C(COc1ccc(C2=Nc3cc(Cl)ccc3C2)cc1)Nc1nc2ccccc2s1. The molecule has 0 atom stereocenters. The average molecular weight is 434 g/mol. The first kappa shape index (κ1) is 18.8. The van der Waals surface area contributed by atoms with Crippen molar-refractivity contribution < 1.29 is 9.53 Å². The molecule has 1 aliphatic rings. The Morgan fingerprint density at radius 1 is 1.10 bits per heavy atom. The minimum atomic E-state index is -0.245. The van der Waals surface area contributed by atoms with Crippen LogP contribution in [-0.4, -0.2) is 23.2 Å². The van der Waals surface area contributed by atoms with Crippen molar-refractivity contribution in [1.82, 2.24) is 4.98 Å². The van der Waals surface area contributed by atoms with E-state index in [4.69, 9.17) is 16.3 Å². The van der Waals surface area contributed by atoms with Crippen molar-refractivity contribution in [3.63, 3.8) is 0 Å². The van der Waals surface area contributed by atoms with Crippen LogP contribution < -0.4 is 10.1 Å². The second kappa shape index (κ2) is 7.89. The van der Waals surface area contributed by atoms with Crippen molar-refractivity contribution in [2.45, 2.75) is 6.42 Å². The lowest BCUT2D eigenvalue weighted by Gasteiger charge is -2.07. The molecule has 1 aromatic heterocycles. The number of anilines is 1. The summed E-state index contributed by atoms with van der Waals surface area (Å²) in [7, 11) is 0. The van der Waals surface area contributed by atoms with Crippen LogP contribution in [0.5, 0.6) is 5.75 Å². The number of benzene rings is 3. The monoisotopic (exact) mass is 433 g/mol. The van der Waals surface area contributed by atoms with Gasteiger partial charge in [0.2, 0.25) is 0 Å². The van der Waals surface area contributed by atoms with Crippen molar-refractivity contribution in [1.29, 1.82) is 0 Å². The zero-order valence-electron chi connectivity index (χ0n) is 15.8. The van der Waals surface area contributed by atoms with E-state index in [-0.39, 0.29) is 12.5 Å². The molecule has 3 aromatic carbocycles. The van der Waals surface area contributed by atoms with E-state index in [0.29, 0.717) is 15.9 Å². The Labute approximate surface area is 182 Å². The third-order valence-electron chi connectivity index (χ3n) is 4.76. The second-order valence-electron chi connectivity index (χ2n) is 6.86. The van der Waals surface area contributed by atoms with E-state index < -0.39 is 0 Å². The van der Waals surface area contributed by atoms with Gasteiger partial charge in [0.15, 0.2) is 11.7 Å². The summed E-state index contributed by atoms with van der Waals surface area (Å²) >= 11 is 7.49. The van der Waals surface area contributed by atoms with Crippen LogP contribution in [0.4, 0.5) is 10.8 Å². The van der Waals surface area contributed by atoms with E-state index in [2.05, 4.69) is 15.3 Å². The molecule has 4 aromatic rings. The smallest absolute Gasteiger partial charge is 0.264 e. The molecule has 0 saturated carbocycles. The summed E-state index contributed by atoms with van der Waals surface area (Å²) in [6, 6.07) is 21.1. The lowest BCUT2D eigenvalue weighted by molar-refractivity contribution is -0.118. The maximum atomic E-state index is 12.2. The van der Waals surface area contributed by atoms with E-state index in [1.165, 1.54) is 16.9 Å². The molecule has 1 N–H and O–H groups in total. The number of para-hydroxylation sites is 1. The fourth-order valence-electron chi connectivity index (χ4n) is 3.30. The Morgan fingerprint density at radius 3 is 2.77 bits per heavy atom. The third-order valence-corrected chi connectivity index (χ3v) is 5.95. The highest BCUT2D eigenvalue weighted by Gasteiger charge is 2.16. The van der Waals surface area contributed by atoms with Gasteiger partial charge in [0.05, 0.1) is 21.6 Å². The predicted molar refractivity (Wildman–Crippen MR) is 122 cm³/mol. The molecule has 0 fully saturated rings. The normalized spacial score (nSPS) is 12.5. The second-order valence-corrected chi connectivity index (χ2v) is 8.32. The highest BCUT2D eigenvalue weighted by molar-refractivity contribution is 7.22. The van der Waals surface area contributed by atoms with Gasteiger partial charge in [-0.2, -0.15) is 0 Å². The van der Waals surface area contributed by atoms with Gasteiger partial charge in [-0.1, -0.05) is 41.1 Å². The maximum absolute atomic E-state index is 12.2. The molecule has 1 aliphatic heterocycles. The number of hydrogen-bond donors (Lipinski definition) is 1. The number of carbonyl (C=O) groups is 1. The highest BCUT2D eigenvalue weighted by atomic mass is 35.5. The van der Waals surface area contributed by atoms with Crippen molar-refractivity contribution in [3.05, 3.63) is 82.9 Å². The number of nitrogens with one attached hydrogen (secondary N) is 1. The van der Waals surface area contributed by atoms with Crippen LogP contribution >= 0.6 is 22.9 Å². The first-order valence-corrected chi connectivity index (χ1v) is 10.6. The lowest BCUT2D eigenvalue weighted by atomic mass is 10.0. The van der Waals surface area contributed by atoms with Gasteiger partial charge in [0, 0.05) is 11.4 Å². The predicted octanol–water partition coefficient (Wildman–Crippen LogP) is 5.64. The van der Waals surface area contributed by atoms with E-state index in [1.54, 1.807) is 0 Å². The number of fused-ring (bicyclic) bond motifs is 2. The van der Waals surface area contributed by atoms with Crippen molar-refractivity contribution in [2.75, 3.05) is 11.9 Å². The van der Waals surface area contributed by atoms with Crippen LogP contribution in [0.1, 0.15) is 11.1 Å². The Balaban J connectivity index is 1.19. The molecule has 0 spiro atoms. The number of aliphatic imine (C=N–C) groups is 1. The number of nitrogens with zero attached hydrogens (tertiary/aromatic N) is 2. The summed E-state index contributed by atoms with van der Waals surface area (Å²) in [6.07, 6.45) is 0.775. The minimum Gasteiger partial charge on any atom is -0.484 e. The van der Waals surface area contributed by atoms with Crippen LogP contribution in [-0.2, 0) is 11.2 Å². The average Bonchev–Trinajstić information content (AvgIpc) is 3.35. The lowest BCUT2D eigenvalue weighted by Crippen LogP contribution is -2.20. The topological polar surface area (TPSA) is 63.6 Å². The fraction of sp³-hybridized carbons (Fsp3) is 0.0870. The number of halogens is 1. The van der Waals surface area contributed by atoms with Gasteiger partial charge in [0.25, 0.3) is 5.91 Å². The number of hydrogen-bond acceptors (Lipinski definition) is 5. The molecule has 5 nitrogen and oxygen atoms in total. The van der Waals surface area contributed by atoms with Crippen molar-refractivity contribution in [2.24, 2.45) is 4.99 Å². The van der Waals surface area contributed by atoms with Crippen LogP contribution in [0.15, 0.2) is 71.7 Å². The van der Waals surface area contributed by atoms with Gasteiger partial charge in [-0.15, -0.1) is 0 Å². The Bertz CT molecular complexity index is 1250. The Morgan fingerprint density at radius 2 is 1.93 bits per heavy atom. The molecule has 7 heteroatoms. The summed E-state index contributed by atoms with van der Waals surface area (Å²) in [5.41, 5.74) is 4.97. The van der Waals surface area contributed by atoms with Crippen molar-refractivity contribution >= 4 is 55.6 Å². The molecule has 30 heavy (non-hydrogen) atoms. The Hall–Kier alpha value is -3.22. The molecule has 0 aliphatic carbocycles. The maximum Gasteiger partial charge on any atom is 0.264 e. The van der Waals surface area contributed by atoms with Crippen LogP contribution in [0, 0.1) is 0 Å². The molecule has 5 rings (SSSR count). The van der Waals surface area contributed by atoms with Crippen LogP contribution in [0.2, 0.25) is 5.02 Å².